The number of aliphatic carboxylic acids is 1. The summed E-state index contributed by atoms with van der Waals surface area (Å²) in [4.78, 5) is 24.9. The zero-order valence-electron chi connectivity index (χ0n) is 12.3. The molecule has 21 heavy (non-hydrogen) atoms. The number of rotatable bonds is 5. The summed E-state index contributed by atoms with van der Waals surface area (Å²) in [6.45, 7) is 4.27. The molecule has 2 rings (SSSR count). The summed E-state index contributed by atoms with van der Waals surface area (Å²) in [5, 5.41) is 13.1. The van der Waals surface area contributed by atoms with Crippen LogP contribution in [0.15, 0.2) is 4.52 Å². The Morgan fingerprint density at radius 2 is 2.19 bits per heavy atom. The highest BCUT2D eigenvalue weighted by molar-refractivity contribution is 7.99. The van der Waals surface area contributed by atoms with E-state index in [1.807, 2.05) is 13.8 Å². The molecule has 0 aliphatic carbocycles. The van der Waals surface area contributed by atoms with Gasteiger partial charge in [0, 0.05) is 17.9 Å². The third-order valence-corrected chi connectivity index (χ3v) is 4.71. The van der Waals surface area contributed by atoms with Crippen molar-refractivity contribution in [2.45, 2.75) is 44.9 Å². The highest BCUT2D eigenvalue weighted by atomic mass is 32.2. The predicted molar refractivity (Wildman–Crippen MR) is 79.1 cm³/mol. The molecule has 0 saturated carbocycles. The van der Waals surface area contributed by atoms with E-state index in [0.717, 1.165) is 29.9 Å². The minimum atomic E-state index is -0.904. The fraction of sp³-hybridized carbons (Fsp3) is 0.643. The first-order valence-corrected chi connectivity index (χ1v) is 8.18. The van der Waals surface area contributed by atoms with Gasteiger partial charge in [0.1, 0.15) is 11.8 Å². The van der Waals surface area contributed by atoms with Crippen LogP contribution >= 0.6 is 11.8 Å². The number of aromatic nitrogens is 1. The number of carbonyl (C=O) groups is 2. The number of aryl methyl sites for hydroxylation is 2. The summed E-state index contributed by atoms with van der Waals surface area (Å²) >= 11 is 1.47. The Hall–Kier alpha value is -1.50. The number of nitrogens with zero attached hydrogens (tertiary/aromatic N) is 2. The van der Waals surface area contributed by atoms with E-state index in [1.54, 1.807) is 0 Å². The number of amides is 1. The Balaban J connectivity index is 1.87. The van der Waals surface area contributed by atoms with E-state index in [-0.39, 0.29) is 11.7 Å². The fourth-order valence-electron chi connectivity index (χ4n) is 2.52. The van der Waals surface area contributed by atoms with Crippen LogP contribution in [0.3, 0.4) is 0 Å². The maximum Gasteiger partial charge on any atom is 0.326 e. The van der Waals surface area contributed by atoms with E-state index in [0.29, 0.717) is 18.7 Å². The molecule has 0 aromatic carbocycles. The lowest BCUT2D eigenvalue weighted by Gasteiger charge is -2.32. The molecular formula is C14H20N2O4S. The Morgan fingerprint density at radius 3 is 2.81 bits per heavy atom. The normalized spacial score (nSPS) is 18.8. The Kier molecular flexibility index (Phi) is 5.27. The van der Waals surface area contributed by atoms with Crippen molar-refractivity contribution in [3.05, 3.63) is 17.0 Å². The molecule has 0 radical (unpaired) electrons. The SMILES string of the molecule is Cc1noc(C)c1CSCC(=O)N1CCCC[C@H]1C(=O)O. The monoisotopic (exact) mass is 312 g/mol. The minimum absolute atomic E-state index is 0.0983. The number of hydrogen-bond acceptors (Lipinski definition) is 5. The van der Waals surface area contributed by atoms with Gasteiger partial charge in [-0.2, -0.15) is 0 Å². The molecule has 1 N–H and O–H groups in total. The van der Waals surface area contributed by atoms with Crippen LogP contribution in [0, 0.1) is 13.8 Å². The standard InChI is InChI=1S/C14H20N2O4S/c1-9-11(10(2)20-15-9)7-21-8-13(17)16-6-4-3-5-12(16)14(18)19/h12H,3-8H2,1-2H3,(H,18,19)/t12-/m0/s1. The van der Waals surface area contributed by atoms with Gasteiger partial charge in [-0.15, -0.1) is 11.8 Å². The average molecular weight is 312 g/mol. The van der Waals surface area contributed by atoms with Gasteiger partial charge in [-0.25, -0.2) is 4.79 Å². The van der Waals surface area contributed by atoms with Crippen LogP contribution in [0.2, 0.25) is 0 Å². The Bertz CT molecular complexity index is 510. The van der Waals surface area contributed by atoms with Crippen LogP contribution < -0.4 is 0 Å². The predicted octanol–water partition coefficient (Wildman–Crippen LogP) is 1.99. The van der Waals surface area contributed by atoms with Crippen molar-refractivity contribution in [1.29, 1.82) is 0 Å². The Morgan fingerprint density at radius 1 is 1.43 bits per heavy atom. The first kappa shape index (κ1) is 15.9. The van der Waals surface area contributed by atoms with E-state index in [1.165, 1.54) is 16.7 Å². The van der Waals surface area contributed by atoms with E-state index < -0.39 is 12.0 Å². The molecule has 0 bridgehead atoms. The molecule has 1 aromatic rings. The molecule has 1 saturated heterocycles. The zero-order chi connectivity index (χ0) is 15.4. The van der Waals surface area contributed by atoms with Crippen molar-refractivity contribution in [2.24, 2.45) is 0 Å². The molecule has 2 heterocycles. The first-order valence-electron chi connectivity index (χ1n) is 7.02. The largest absolute Gasteiger partial charge is 0.480 e. The van der Waals surface area contributed by atoms with Crippen LogP contribution in [-0.4, -0.2) is 45.4 Å². The van der Waals surface area contributed by atoms with Crippen LogP contribution in [0.4, 0.5) is 0 Å². The lowest BCUT2D eigenvalue weighted by atomic mass is 10.0. The van der Waals surface area contributed by atoms with Crippen LogP contribution in [0.1, 0.15) is 36.3 Å². The van der Waals surface area contributed by atoms with E-state index in [2.05, 4.69) is 5.16 Å². The highest BCUT2D eigenvalue weighted by Crippen LogP contribution is 2.22. The highest BCUT2D eigenvalue weighted by Gasteiger charge is 2.31. The van der Waals surface area contributed by atoms with Crippen molar-refractivity contribution >= 4 is 23.6 Å². The lowest BCUT2D eigenvalue weighted by molar-refractivity contribution is -0.150. The maximum absolute atomic E-state index is 12.2. The molecule has 1 aromatic heterocycles. The smallest absolute Gasteiger partial charge is 0.326 e. The number of piperidine rings is 1. The molecule has 1 fully saturated rings. The van der Waals surface area contributed by atoms with Gasteiger partial charge in [0.05, 0.1) is 11.4 Å². The fourth-order valence-corrected chi connectivity index (χ4v) is 3.58. The van der Waals surface area contributed by atoms with Gasteiger partial charge in [0.15, 0.2) is 0 Å². The summed E-state index contributed by atoms with van der Waals surface area (Å²) in [6, 6.07) is -0.661. The first-order chi connectivity index (χ1) is 10.0. The van der Waals surface area contributed by atoms with Crippen LogP contribution in [-0.2, 0) is 15.3 Å². The molecule has 1 amide bonds. The number of likely N-dealkylation sites (tertiary alicyclic amines) is 1. The summed E-state index contributed by atoms with van der Waals surface area (Å²) in [5.74, 6) is 0.707. The summed E-state index contributed by atoms with van der Waals surface area (Å²) in [6.07, 6.45) is 2.30. The van der Waals surface area contributed by atoms with E-state index in [9.17, 15) is 14.7 Å². The molecule has 6 nitrogen and oxygen atoms in total. The van der Waals surface area contributed by atoms with Gasteiger partial charge in [-0.1, -0.05) is 5.16 Å². The summed E-state index contributed by atoms with van der Waals surface area (Å²) in [7, 11) is 0. The Labute approximate surface area is 127 Å². The second-order valence-corrected chi connectivity index (χ2v) is 6.22. The summed E-state index contributed by atoms with van der Waals surface area (Å²) in [5.41, 5.74) is 1.86. The number of hydrogen-bond donors (Lipinski definition) is 1. The molecule has 1 atom stereocenters. The van der Waals surface area contributed by atoms with Crippen molar-refractivity contribution in [2.75, 3.05) is 12.3 Å². The number of carbonyl (C=O) groups excluding carboxylic acids is 1. The second-order valence-electron chi connectivity index (χ2n) is 5.23. The molecule has 1 aliphatic rings. The average Bonchev–Trinajstić information content (AvgIpc) is 2.78. The maximum atomic E-state index is 12.2. The van der Waals surface area contributed by atoms with E-state index >= 15 is 0 Å². The third kappa shape index (κ3) is 3.78. The van der Waals surface area contributed by atoms with Crippen molar-refractivity contribution in [3.63, 3.8) is 0 Å². The zero-order valence-corrected chi connectivity index (χ0v) is 13.1. The number of carboxylic acid groups (broad SMARTS) is 1. The van der Waals surface area contributed by atoms with Gasteiger partial charge >= 0.3 is 5.97 Å². The second kappa shape index (κ2) is 6.98. The van der Waals surface area contributed by atoms with Crippen LogP contribution in [0.25, 0.3) is 0 Å². The molecule has 1 aliphatic heterocycles. The lowest BCUT2D eigenvalue weighted by Crippen LogP contribution is -2.48. The molecule has 0 unspecified atom stereocenters. The minimum Gasteiger partial charge on any atom is -0.480 e. The summed E-state index contributed by atoms with van der Waals surface area (Å²) < 4.78 is 5.08. The van der Waals surface area contributed by atoms with Gasteiger partial charge in [0.2, 0.25) is 5.91 Å². The molecule has 116 valence electrons. The van der Waals surface area contributed by atoms with Gasteiger partial charge < -0.3 is 14.5 Å². The molecule has 7 heteroatoms. The van der Waals surface area contributed by atoms with Gasteiger partial charge in [0.25, 0.3) is 0 Å². The van der Waals surface area contributed by atoms with Crippen molar-refractivity contribution in [1.82, 2.24) is 10.1 Å². The van der Waals surface area contributed by atoms with Crippen molar-refractivity contribution in [3.8, 4) is 0 Å². The van der Waals surface area contributed by atoms with Crippen molar-refractivity contribution < 1.29 is 19.2 Å². The van der Waals surface area contributed by atoms with E-state index in [4.69, 9.17) is 4.52 Å². The van der Waals surface area contributed by atoms with Crippen LogP contribution in [0.5, 0.6) is 0 Å². The quantitative estimate of drug-likeness (QED) is 0.895. The van der Waals surface area contributed by atoms with Gasteiger partial charge in [-0.05, 0) is 33.1 Å². The molecule has 0 spiro atoms. The topological polar surface area (TPSA) is 83.6 Å². The van der Waals surface area contributed by atoms with Gasteiger partial charge in [-0.3, -0.25) is 4.79 Å². The molecular weight excluding hydrogens is 292 g/mol. The third-order valence-electron chi connectivity index (χ3n) is 3.76. The number of thioether (sulfide) groups is 1. The number of carboxylic acids is 1.